The van der Waals surface area contributed by atoms with Crippen molar-refractivity contribution in [3.63, 3.8) is 0 Å². The third kappa shape index (κ3) is 3.32. The van der Waals surface area contributed by atoms with Gasteiger partial charge >= 0.3 is 6.03 Å². The maximum Gasteiger partial charge on any atom is 0.319 e. The fourth-order valence-corrected chi connectivity index (χ4v) is 2.68. The molecule has 0 unspecified atom stereocenters. The van der Waals surface area contributed by atoms with E-state index in [1.165, 1.54) is 11.3 Å². The van der Waals surface area contributed by atoms with Gasteiger partial charge in [-0.2, -0.15) is 5.10 Å². The molecule has 2 N–H and O–H groups in total. The number of anilines is 1. The van der Waals surface area contributed by atoms with Gasteiger partial charge in [0.15, 0.2) is 0 Å². The van der Waals surface area contributed by atoms with Crippen LogP contribution in [0.5, 0.6) is 0 Å². The van der Waals surface area contributed by atoms with Crippen LogP contribution in [0.4, 0.5) is 10.5 Å². The molecule has 3 aromatic rings. The number of aryl methyl sites for hydroxylation is 1. The molecular weight excluding hydrogens is 310 g/mol. The van der Waals surface area contributed by atoms with E-state index in [9.17, 15) is 4.79 Å². The highest BCUT2D eigenvalue weighted by Crippen LogP contribution is 2.14. The van der Waals surface area contributed by atoms with Crippen LogP contribution in [0, 0.1) is 6.92 Å². The van der Waals surface area contributed by atoms with E-state index in [4.69, 9.17) is 11.6 Å². The quantitative estimate of drug-likeness (QED) is 0.778. The second-order valence-electron chi connectivity index (χ2n) is 4.40. The van der Waals surface area contributed by atoms with Gasteiger partial charge in [-0.05, 0) is 31.2 Å². The zero-order chi connectivity index (χ0) is 14.8. The molecule has 0 fully saturated rings. The molecule has 0 aliphatic carbocycles. The van der Waals surface area contributed by atoms with Crippen LogP contribution in [0.1, 0.15) is 10.7 Å². The van der Waals surface area contributed by atoms with Crippen LogP contribution in [-0.2, 0) is 6.54 Å². The highest BCUT2D eigenvalue weighted by molar-refractivity contribution is 7.16. The lowest BCUT2D eigenvalue weighted by atomic mass is 10.3. The van der Waals surface area contributed by atoms with Crippen molar-refractivity contribution in [1.82, 2.24) is 19.9 Å². The van der Waals surface area contributed by atoms with Crippen molar-refractivity contribution >= 4 is 39.6 Å². The number of carbonyl (C=O) groups is 1. The Morgan fingerprint density at radius 1 is 1.38 bits per heavy atom. The smallest absolute Gasteiger partial charge is 0.319 e. The molecule has 1 aromatic carbocycles. The van der Waals surface area contributed by atoms with Gasteiger partial charge in [0.2, 0.25) is 4.96 Å². The summed E-state index contributed by atoms with van der Waals surface area (Å²) < 4.78 is 1.72. The molecule has 2 amide bonds. The Labute approximate surface area is 129 Å². The van der Waals surface area contributed by atoms with Gasteiger partial charge in [0.05, 0.1) is 18.4 Å². The number of aromatic nitrogens is 3. The largest absolute Gasteiger partial charge is 0.332 e. The zero-order valence-corrected chi connectivity index (χ0v) is 12.7. The summed E-state index contributed by atoms with van der Waals surface area (Å²) in [5.41, 5.74) is 1.44. The number of imidazole rings is 1. The summed E-state index contributed by atoms with van der Waals surface area (Å²) in [6.07, 6.45) is 1.81. The molecular formula is C13H12ClN5OS. The average Bonchev–Trinajstić information content (AvgIpc) is 2.96. The van der Waals surface area contributed by atoms with E-state index in [1.54, 1.807) is 35.0 Å². The third-order valence-corrected chi connectivity index (χ3v) is 3.82. The molecule has 0 saturated heterocycles. The van der Waals surface area contributed by atoms with Crippen LogP contribution in [0.15, 0.2) is 30.5 Å². The first kappa shape index (κ1) is 13.8. The Morgan fingerprint density at radius 2 is 2.14 bits per heavy atom. The predicted molar refractivity (Wildman–Crippen MR) is 82.9 cm³/mol. The summed E-state index contributed by atoms with van der Waals surface area (Å²) in [5, 5.41) is 11.3. The Balaban J connectivity index is 1.57. The van der Waals surface area contributed by atoms with Crippen LogP contribution < -0.4 is 10.6 Å². The lowest BCUT2D eigenvalue weighted by Gasteiger charge is -2.06. The molecule has 0 aliphatic rings. The van der Waals surface area contributed by atoms with E-state index in [2.05, 4.69) is 20.7 Å². The molecule has 21 heavy (non-hydrogen) atoms. The molecule has 6 nitrogen and oxygen atoms in total. The van der Waals surface area contributed by atoms with Gasteiger partial charge in [0.1, 0.15) is 5.01 Å². The summed E-state index contributed by atoms with van der Waals surface area (Å²) in [6.45, 7) is 2.27. The van der Waals surface area contributed by atoms with Gasteiger partial charge in [-0.25, -0.2) is 14.3 Å². The van der Waals surface area contributed by atoms with Crippen LogP contribution in [0.25, 0.3) is 4.96 Å². The van der Waals surface area contributed by atoms with Crippen molar-refractivity contribution in [2.24, 2.45) is 0 Å². The molecule has 0 atom stereocenters. The Kier molecular flexibility index (Phi) is 3.76. The Hall–Kier alpha value is -2.12. The molecule has 8 heteroatoms. The predicted octanol–water partition coefficient (Wildman–Crippen LogP) is 3.07. The second-order valence-corrected chi connectivity index (χ2v) is 5.99. The first-order chi connectivity index (χ1) is 10.1. The third-order valence-electron chi connectivity index (χ3n) is 2.73. The highest BCUT2D eigenvalue weighted by Gasteiger charge is 2.07. The summed E-state index contributed by atoms with van der Waals surface area (Å²) in [6, 6.07) is 6.61. The number of nitrogens with one attached hydrogen (secondary N) is 2. The van der Waals surface area contributed by atoms with Crippen molar-refractivity contribution < 1.29 is 4.79 Å². The number of urea groups is 1. The maximum atomic E-state index is 11.8. The fraction of sp³-hybridized carbons (Fsp3) is 0.154. The van der Waals surface area contributed by atoms with E-state index in [1.807, 2.05) is 6.92 Å². The van der Waals surface area contributed by atoms with Gasteiger partial charge in [-0.15, -0.1) is 0 Å². The molecule has 2 aromatic heterocycles. The monoisotopic (exact) mass is 321 g/mol. The van der Waals surface area contributed by atoms with Gasteiger partial charge < -0.3 is 10.6 Å². The lowest BCUT2D eigenvalue weighted by molar-refractivity contribution is 0.251. The average molecular weight is 322 g/mol. The van der Waals surface area contributed by atoms with E-state index in [0.29, 0.717) is 17.3 Å². The maximum absolute atomic E-state index is 11.8. The number of carbonyl (C=O) groups excluding carboxylic acids is 1. The number of nitrogens with zero attached hydrogens (tertiary/aromatic N) is 3. The minimum absolute atomic E-state index is 0.294. The van der Waals surface area contributed by atoms with Crippen LogP contribution >= 0.6 is 22.9 Å². The molecule has 3 rings (SSSR count). The molecule has 0 radical (unpaired) electrons. The lowest BCUT2D eigenvalue weighted by Crippen LogP contribution is -2.28. The summed E-state index contributed by atoms with van der Waals surface area (Å²) in [5.74, 6) is 0. The fourth-order valence-electron chi connectivity index (χ4n) is 1.81. The van der Waals surface area contributed by atoms with E-state index in [-0.39, 0.29) is 6.03 Å². The van der Waals surface area contributed by atoms with Crippen LogP contribution in [0.3, 0.4) is 0 Å². The van der Waals surface area contributed by atoms with Crippen molar-refractivity contribution in [2.45, 2.75) is 13.5 Å². The minimum Gasteiger partial charge on any atom is -0.332 e. The standard InChI is InChI=1S/C13H12ClN5OS/c1-8-18-19-7-11(17-13(19)21-8)6-15-12(20)16-10-4-2-9(14)3-5-10/h2-5,7H,6H2,1H3,(H2,15,16,20). The first-order valence-electron chi connectivity index (χ1n) is 6.22. The first-order valence-corrected chi connectivity index (χ1v) is 7.42. The molecule has 108 valence electrons. The van der Waals surface area contributed by atoms with Crippen molar-refractivity contribution in [2.75, 3.05) is 5.32 Å². The van der Waals surface area contributed by atoms with Crippen LogP contribution in [-0.4, -0.2) is 20.6 Å². The normalized spacial score (nSPS) is 10.8. The summed E-state index contributed by atoms with van der Waals surface area (Å²) in [7, 11) is 0. The van der Waals surface area contributed by atoms with Gasteiger partial charge in [0.25, 0.3) is 0 Å². The Morgan fingerprint density at radius 3 is 2.86 bits per heavy atom. The van der Waals surface area contributed by atoms with Crippen molar-refractivity contribution in [3.8, 4) is 0 Å². The molecule has 0 saturated carbocycles. The van der Waals surface area contributed by atoms with E-state index in [0.717, 1.165) is 15.7 Å². The highest BCUT2D eigenvalue weighted by atomic mass is 35.5. The zero-order valence-electron chi connectivity index (χ0n) is 11.1. The summed E-state index contributed by atoms with van der Waals surface area (Å²) in [4.78, 5) is 17.0. The number of fused-ring (bicyclic) bond motifs is 1. The molecule has 0 bridgehead atoms. The van der Waals surface area contributed by atoms with E-state index >= 15 is 0 Å². The van der Waals surface area contributed by atoms with Gasteiger partial charge in [-0.1, -0.05) is 22.9 Å². The number of hydrogen-bond donors (Lipinski definition) is 2. The van der Waals surface area contributed by atoms with Crippen LogP contribution in [0.2, 0.25) is 5.02 Å². The van der Waals surface area contributed by atoms with Gasteiger partial charge in [-0.3, -0.25) is 0 Å². The van der Waals surface area contributed by atoms with Crippen molar-refractivity contribution in [1.29, 1.82) is 0 Å². The van der Waals surface area contributed by atoms with Gasteiger partial charge in [0, 0.05) is 10.7 Å². The number of benzene rings is 1. The molecule has 2 heterocycles. The SMILES string of the molecule is Cc1nn2cc(CNC(=O)Nc3ccc(Cl)cc3)nc2s1. The minimum atomic E-state index is -0.294. The summed E-state index contributed by atoms with van der Waals surface area (Å²) >= 11 is 7.30. The number of hydrogen-bond acceptors (Lipinski definition) is 4. The van der Waals surface area contributed by atoms with Crippen molar-refractivity contribution in [3.05, 3.63) is 46.2 Å². The number of amides is 2. The molecule has 0 spiro atoms. The second kappa shape index (κ2) is 5.71. The molecule has 0 aliphatic heterocycles. The number of rotatable bonds is 3. The number of halogens is 1. The van der Waals surface area contributed by atoms with E-state index < -0.39 is 0 Å². The Bertz CT molecular complexity index is 748. The topological polar surface area (TPSA) is 71.3 Å².